The quantitative estimate of drug-likeness (QED) is 0.0317. The zero-order valence-electron chi connectivity index (χ0n) is 43.0. The van der Waals surface area contributed by atoms with Gasteiger partial charge in [0.15, 0.2) is 0 Å². The molecule has 0 heterocycles. The topological polar surface area (TPSA) is 105 Å². The second-order valence-corrected chi connectivity index (χ2v) is 19.4. The van der Waals surface area contributed by atoms with Gasteiger partial charge in [-0.1, -0.05) is 194 Å². The van der Waals surface area contributed by atoms with Gasteiger partial charge in [-0.05, 0) is 96.7 Å². The average molecular weight is 889 g/mol. The Bertz CT molecular complexity index is 1060. The number of unbranched alkanes of at least 4 members (excludes halogenated alkanes) is 21. The number of ether oxygens (including phenoxy) is 1. The Morgan fingerprint density at radius 1 is 0.603 bits per heavy atom. The lowest BCUT2D eigenvalue weighted by Gasteiger charge is -2.27. The molecule has 3 unspecified atom stereocenters. The van der Waals surface area contributed by atoms with Gasteiger partial charge in [0.25, 0.3) is 0 Å². The van der Waals surface area contributed by atoms with Gasteiger partial charge >= 0.3 is 5.97 Å². The Kier molecular flexibility index (Phi) is 45.6. The number of hydrogen-bond acceptors (Lipinski definition) is 7. The van der Waals surface area contributed by atoms with Crippen molar-refractivity contribution in [2.24, 2.45) is 23.5 Å². The number of aliphatic hydroxyl groups excluding tert-OH is 1. The van der Waals surface area contributed by atoms with E-state index >= 15 is 0 Å². The van der Waals surface area contributed by atoms with Gasteiger partial charge in [-0.2, -0.15) is 0 Å². The Balaban J connectivity index is 5.02. The highest BCUT2D eigenvalue weighted by Crippen LogP contribution is 2.24. The zero-order chi connectivity index (χ0) is 46.4. The minimum atomic E-state index is -0.0740. The van der Waals surface area contributed by atoms with Crippen LogP contribution in [0.5, 0.6) is 0 Å². The summed E-state index contributed by atoms with van der Waals surface area (Å²) in [5, 5.41) is 14.0. The average Bonchev–Trinajstić information content (AvgIpc) is 3.27. The number of nitrogens with zero attached hydrogens (tertiary/aromatic N) is 1. The van der Waals surface area contributed by atoms with E-state index in [-0.39, 0.29) is 36.4 Å². The first kappa shape index (κ1) is 61.3. The van der Waals surface area contributed by atoms with Gasteiger partial charge in [0.1, 0.15) is 5.78 Å². The van der Waals surface area contributed by atoms with Gasteiger partial charge in [-0.3, -0.25) is 9.59 Å². The number of carbonyl (C=O) groups excluding carboxylic acids is 2. The van der Waals surface area contributed by atoms with E-state index in [1.807, 2.05) is 19.1 Å². The molecule has 63 heavy (non-hydrogen) atoms. The fourth-order valence-electron chi connectivity index (χ4n) is 9.13. The molecule has 0 aliphatic heterocycles. The third-order valence-corrected chi connectivity index (χ3v) is 13.2. The summed E-state index contributed by atoms with van der Waals surface area (Å²) in [4.78, 5) is 29.1. The summed E-state index contributed by atoms with van der Waals surface area (Å²) in [6.07, 6.45) is 45.3. The lowest BCUT2D eigenvalue weighted by molar-refractivity contribution is -0.149. The smallest absolute Gasteiger partial charge is 0.308 e. The van der Waals surface area contributed by atoms with E-state index in [1.54, 1.807) is 0 Å². The van der Waals surface area contributed by atoms with Crippen molar-refractivity contribution in [3.8, 4) is 0 Å². The number of carbonyl (C=O) groups is 2. The van der Waals surface area contributed by atoms with Gasteiger partial charge in [0.05, 0.1) is 12.5 Å². The largest absolute Gasteiger partial charge is 0.465 e. The molecule has 0 saturated carbocycles. The Morgan fingerprint density at radius 3 is 1.62 bits per heavy atom. The summed E-state index contributed by atoms with van der Waals surface area (Å²) < 4.78 is 5.89. The van der Waals surface area contributed by atoms with Crippen molar-refractivity contribution < 1.29 is 19.4 Å². The maximum atomic E-state index is 13.4. The van der Waals surface area contributed by atoms with Crippen LogP contribution in [0.4, 0.5) is 0 Å². The molecule has 0 fully saturated rings. The SMILES string of the molecule is C/C=C\[C@@H](N)/C=C(/C)NCCCN(CCCCCCOC(=O)C(CCCCCC)CCCCCCCC)CC(CO)CCCCCC(=O)C(CCCCCC)CCCCCCCC. The van der Waals surface area contributed by atoms with Gasteiger partial charge in [0.2, 0.25) is 0 Å². The summed E-state index contributed by atoms with van der Waals surface area (Å²) in [5.41, 5.74) is 7.27. The van der Waals surface area contributed by atoms with E-state index in [0.29, 0.717) is 12.4 Å². The first-order valence-electron chi connectivity index (χ1n) is 27.6. The van der Waals surface area contributed by atoms with Crippen LogP contribution in [-0.2, 0) is 14.3 Å². The Hall–Kier alpha value is -1.70. The standard InChI is InChI=1S/C56H109N3O4/c1-7-12-16-20-22-30-39-52(38-28-18-14-9-3)55(61)42-32-26-27-37-51(49-60)48-59(45-35-43-58-50(6)47-54(57)36-11-5)44-33-24-25-34-46-63-56(62)53(40-29-19-15-10-4)41-31-23-21-17-13-8-2/h11,36,47,51-54,58,60H,7-10,12-35,37-46,48-49,57H2,1-6H3/b36-11-,50-47-/t51?,52?,53?,54-/m1/s1. The van der Waals surface area contributed by atoms with E-state index in [4.69, 9.17) is 10.5 Å². The number of nitrogens with one attached hydrogen (secondary N) is 1. The summed E-state index contributed by atoms with van der Waals surface area (Å²) in [7, 11) is 0. The first-order chi connectivity index (χ1) is 30.8. The Morgan fingerprint density at radius 2 is 1.06 bits per heavy atom. The predicted molar refractivity (Wildman–Crippen MR) is 274 cm³/mol. The van der Waals surface area contributed by atoms with Gasteiger partial charge in [-0.15, -0.1) is 0 Å². The molecule has 0 aliphatic carbocycles. The number of ketones is 1. The number of Topliss-reactive ketones (excluding diaryl/α,β-unsaturated/α-hetero) is 1. The molecule has 0 aromatic rings. The molecule has 4 N–H and O–H groups in total. The number of esters is 1. The molecule has 0 spiro atoms. The number of allylic oxidation sites excluding steroid dienone is 2. The van der Waals surface area contributed by atoms with Crippen molar-refractivity contribution in [2.75, 3.05) is 39.4 Å². The monoisotopic (exact) mass is 888 g/mol. The minimum Gasteiger partial charge on any atom is -0.465 e. The van der Waals surface area contributed by atoms with E-state index in [0.717, 1.165) is 135 Å². The number of nitrogens with two attached hydrogens (primary N) is 1. The zero-order valence-corrected chi connectivity index (χ0v) is 43.0. The first-order valence-corrected chi connectivity index (χ1v) is 27.6. The fraction of sp³-hybridized carbons (Fsp3) is 0.893. The van der Waals surface area contributed by atoms with Crippen molar-refractivity contribution in [1.82, 2.24) is 10.2 Å². The molecular formula is C56H109N3O4. The molecular weight excluding hydrogens is 779 g/mol. The third-order valence-electron chi connectivity index (χ3n) is 13.2. The maximum Gasteiger partial charge on any atom is 0.308 e. The van der Waals surface area contributed by atoms with Crippen molar-refractivity contribution in [1.29, 1.82) is 0 Å². The second kappa shape index (κ2) is 46.8. The van der Waals surface area contributed by atoms with Crippen molar-refractivity contribution in [3.05, 3.63) is 23.9 Å². The van der Waals surface area contributed by atoms with Gasteiger partial charge in [0, 0.05) is 43.8 Å². The van der Waals surface area contributed by atoms with Crippen LogP contribution in [0, 0.1) is 17.8 Å². The van der Waals surface area contributed by atoms with E-state index in [2.05, 4.69) is 50.9 Å². The van der Waals surface area contributed by atoms with Crippen LogP contribution in [0.25, 0.3) is 0 Å². The molecule has 7 heteroatoms. The maximum absolute atomic E-state index is 13.4. The molecule has 0 aliphatic rings. The summed E-state index contributed by atoms with van der Waals surface area (Å²) in [6, 6.07) is -0.0740. The summed E-state index contributed by atoms with van der Waals surface area (Å²) in [6.45, 7) is 17.6. The molecule has 0 radical (unpaired) electrons. The predicted octanol–water partition coefficient (Wildman–Crippen LogP) is 15.0. The molecule has 0 rings (SSSR count). The van der Waals surface area contributed by atoms with E-state index < -0.39 is 0 Å². The number of rotatable bonds is 49. The summed E-state index contributed by atoms with van der Waals surface area (Å²) in [5.74, 6) is 1.13. The van der Waals surface area contributed by atoms with Crippen molar-refractivity contribution in [3.63, 3.8) is 0 Å². The number of hydrogen-bond donors (Lipinski definition) is 3. The second-order valence-electron chi connectivity index (χ2n) is 19.4. The Labute approximate surface area is 392 Å². The molecule has 7 nitrogen and oxygen atoms in total. The van der Waals surface area contributed by atoms with Crippen LogP contribution in [0.15, 0.2) is 23.9 Å². The molecule has 0 bridgehead atoms. The van der Waals surface area contributed by atoms with E-state index in [1.165, 1.54) is 116 Å². The molecule has 0 amide bonds. The lowest BCUT2D eigenvalue weighted by atomic mass is 9.88. The van der Waals surface area contributed by atoms with Crippen LogP contribution in [0.3, 0.4) is 0 Å². The normalized spacial score (nSPS) is 14.1. The van der Waals surface area contributed by atoms with Crippen LogP contribution in [0.2, 0.25) is 0 Å². The van der Waals surface area contributed by atoms with Crippen molar-refractivity contribution >= 4 is 11.8 Å². The minimum absolute atomic E-state index is 0.0425. The van der Waals surface area contributed by atoms with E-state index in [9.17, 15) is 14.7 Å². The highest BCUT2D eigenvalue weighted by atomic mass is 16.5. The lowest BCUT2D eigenvalue weighted by Crippen LogP contribution is -2.34. The van der Waals surface area contributed by atoms with Crippen LogP contribution >= 0.6 is 0 Å². The van der Waals surface area contributed by atoms with Crippen LogP contribution < -0.4 is 11.1 Å². The molecule has 0 saturated heterocycles. The molecule has 0 aromatic carbocycles. The van der Waals surface area contributed by atoms with Crippen molar-refractivity contribution in [2.45, 2.75) is 266 Å². The molecule has 4 atom stereocenters. The highest BCUT2D eigenvalue weighted by molar-refractivity contribution is 5.80. The third kappa shape index (κ3) is 39.2. The fourth-order valence-corrected chi connectivity index (χ4v) is 9.13. The highest BCUT2D eigenvalue weighted by Gasteiger charge is 2.20. The molecule has 0 aromatic heterocycles. The number of aliphatic hydroxyl groups is 1. The van der Waals surface area contributed by atoms with Gasteiger partial charge < -0.3 is 25.8 Å². The summed E-state index contributed by atoms with van der Waals surface area (Å²) >= 11 is 0. The van der Waals surface area contributed by atoms with Crippen LogP contribution in [-0.4, -0.2) is 67.2 Å². The molecule has 372 valence electrons. The van der Waals surface area contributed by atoms with Gasteiger partial charge in [-0.25, -0.2) is 0 Å². The van der Waals surface area contributed by atoms with Crippen LogP contribution in [0.1, 0.15) is 260 Å².